The Bertz CT molecular complexity index is 119. The van der Waals surface area contributed by atoms with Crippen LogP contribution in [-0.4, -0.2) is 22.5 Å². The van der Waals surface area contributed by atoms with Gasteiger partial charge in [0.05, 0.1) is 6.61 Å². The van der Waals surface area contributed by atoms with E-state index in [9.17, 15) is 14.0 Å². The summed E-state index contributed by atoms with van der Waals surface area (Å²) in [6.07, 6.45) is 0. The smallest absolute Gasteiger partial charge is 0.781 e. The van der Waals surface area contributed by atoms with Gasteiger partial charge in [0.15, 0.2) is 0 Å². The summed E-state index contributed by atoms with van der Waals surface area (Å²) >= 11 is 4.94. The maximum atomic E-state index is 9.40. The molecule has 0 bridgehead atoms. The van der Waals surface area contributed by atoms with Crippen LogP contribution >= 0.6 is 28.1 Å². The Morgan fingerprint density at radius 1 is 1.50 bits per heavy atom. The van der Waals surface area contributed by atoms with Crippen LogP contribution in [-0.2, 0) is 13.4 Å². The maximum absolute atomic E-state index is 9.40. The van der Waals surface area contributed by atoms with E-state index in [1.807, 2.05) is 0 Å². The van der Waals surface area contributed by atoms with E-state index in [-0.39, 0.29) is 36.2 Å². The summed E-state index contributed by atoms with van der Waals surface area (Å²) in [5.41, 5.74) is 0. The van der Waals surface area contributed by atoms with Crippen molar-refractivity contribution in [3.05, 3.63) is 0 Å². The molecule has 0 radical (unpaired) electrons. The van der Waals surface area contributed by atoms with Crippen LogP contribution < -0.4 is 34.5 Å². The standard InChI is InChI=1S/C2H5ClO.Na.H4O5P2/c3-1-2-4;;1-6(2)5-7(3)4/h4H,1-2H2;;6-7H,(H,1,2)(H,3,4)/q;+1;/p-1. The summed E-state index contributed by atoms with van der Waals surface area (Å²) in [7, 11) is -6.72. The van der Waals surface area contributed by atoms with Gasteiger partial charge in [-0.1, -0.05) is 0 Å². The van der Waals surface area contributed by atoms with Crippen LogP contribution in [0.1, 0.15) is 0 Å². The third-order valence-corrected chi connectivity index (χ3v) is 1.79. The van der Waals surface area contributed by atoms with Crippen molar-refractivity contribution in [2.75, 3.05) is 12.5 Å². The van der Waals surface area contributed by atoms with Crippen molar-refractivity contribution >= 4 is 28.1 Å². The van der Waals surface area contributed by atoms with Gasteiger partial charge in [-0.3, -0.25) is 8.88 Å². The van der Waals surface area contributed by atoms with Crippen molar-refractivity contribution in [3.8, 4) is 0 Å². The van der Waals surface area contributed by atoms with E-state index in [1.54, 1.807) is 0 Å². The minimum absolute atomic E-state index is 0. The summed E-state index contributed by atoms with van der Waals surface area (Å²) in [6.45, 7) is 0.0849. The van der Waals surface area contributed by atoms with Crippen molar-refractivity contribution in [1.82, 2.24) is 0 Å². The van der Waals surface area contributed by atoms with Gasteiger partial charge in [0, 0.05) is 5.88 Å². The molecule has 2 unspecified atom stereocenters. The largest absolute Gasteiger partial charge is 1.00 e. The van der Waals surface area contributed by atoms with Crippen LogP contribution in [0.4, 0.5) is 0 Å². The van der Waals surface area contributed by atoms with Gasteiger partial charge >= 0.3 is 37.8 Å². The molecule has 70 valence electrons. The van der Waals surface area contributed by atoms with Gasteiger partial charge in [0.2, 0.25) is 0 Å². The first-order valence-electron chi connectivity index (χ1n) is 2.33. The van der Waals surface area contributed by atoms with E-state index in [0.717, 1.165) is 0 Å². The van der Waals surface area contributed by atoms with Crippen LogP contribution in [0.25, 0.3) is 0 Å². The summed E-state index contributed by atoms with van der Waals surface area (Å²) in [6, 6.07) is 0. The number of rotatable bonds is 3. The molecular formula is C2H8ClNaO6P2. The van der Waals surface area contributed by atoms with Crippen molar-refractivity contribution in [1.29, 1.82) is 0 Å². The second kappa shape index (κ2) is 15.1. The van der Waals surface area contributed by atoms with E-state index in [2.05, 4.69) is 4.31 Å². The SMILES string of the molecule is O=[PH]([O-])O[PH](=O)O.OCCCl.[Na+]. The fraction of sp³-hybridized carbons (Fsp3) is 1.00. The topological polar surface area (TPSA) is 107 Å². The Hall–Kier alpha value is 1.59. The predicted octanol–water partition coefficient (Wildman–Crippen LogP) is -3.64. The molecule has 12 heavy (non-hydrogen) atoms. The van der Waals surface area contributed by atoms with E-state index >= 15 is 0 Å². The van der Waals surface area contributed by atoms with Gasteiger partial charge in [-0.15, -0.1) is 11.6 Å². The van der Waals surface area contributed by atoms with Gasteiger partial charge in [-0.2, -0.15) is 0 Å². The summed E-state index contributed by atoms with van der Waals surface area (Å²) in [5.74, 6) is 0.347. The van der Waals surface area contributed by atoms with Crippen LogP contribution in [0.2, 0.25) is 0 Å². The number of aliphatic hydroxyl groups is 1. The number of halogens is 1. The second-order valence-electron chi connectivity index (χ2n) is 1.03. The summed E-state index contributed by atoms with van der Waals surface area (Å²) in [4.78, 5) is 17.0. The first kappa shape index (κ1) is 19.2. The fourth-order valence-electron chi connectivity index (χ4n) is 0.0713. The molecule has 0 aromatic carbocycles. The fourth-order valence-corrected chi connectivity index (χ4v) is 0.642. The predicted molar refractivity (Wildman–Crippen MR) is 39.1 cm³/mol. The minimum Gasteiger partial charge on any atom is -0.781 e. The molecule has 0 saturated carbocycles. The number of aliphatic hydroxyl groups excluding tert-OH is 1. The maximum Gasteiger partial charge on any atom is 1.00 e. The molecule has 2 atom stereocenters. The normalized spacial score (nSPS) is 13.3. The Kier molecular flexibility index (Phi) is 24.1. The molecule has 0 rings (SSSR count). The van der Waals surface area contributed by atoms with Crippen LogP contribution in [0, 0.1) is 0 Å². The zero-order valence-electron chi connectivity index (χ0n) is 6.32. The zero-order chi connectivity index (χ0) is 9.28. The molecule has 0 amide bonds. The molecule has 10 heteroatoms. The van der Waals surface area contributed by atoms with E-state index < -0.39 is 16.5 Å². The first-order chi connectivity index (χ1) is 5.04. The molecule has 0 saturated heterocycles. The molecule has 0 fully saturated rings. The molecule has 0 heterocycles. The Labute approximate surface area is 98.1 Å². The average molecular weight is 248 g/mol. The third kappa shape index (κ3) is 29.9. The molecule has 0 aliphatic rings. The van der Waals surface area contributed by atoms with Gasteiger partial charge in [-0.25, -0.2) is 0 Å². The molecule has 0 spiro atoms. The zero-order valence-corrected chi connectivity index (χ0v) is 11.1. The quantitative estimate of drug-likeness (QED) is 0.303. The number of alkyl halides is 1. The monoisotopic (exact) mass is 248 g/mol. The van der Waals surface area contributed by atoms with E-state index in [4.69, 9.17) is 21.6 Å². The number of hydrogen-bond acceptors (Lipinski definition) is 5. The summed E-state index contributed by atoms with van der Waals surface area (Å²) in [5, 5.41) is 7.74. The Morgan fingerprint density at radius 2 is 1.83 bits per heavy atom. The Balaban J connectivity index is -0.000000142. The van der Waals surface area contributed by atoms with Crippen LogP contribution in [0.15, 0.2) is 0 Å². The summed E-state index contributed by atoms with van der Waals surface area (Å²) < 4.78 is 22.1. The average Bonchev–Trinajstić information content (AvgIpc) is 1.85. The third-order valence-electron chi connectivity index (χ3n) is 0.255. The second-order valence-corrected chi connectivity index (χ2v) is 3.26. The molecule has 0 aromatic rings. The minimum atomic E-state index is -3.45. The first-order valence-corrected chi connectivity index (χ1v) is 5.35. The van der Waals surface area contributed by atoms with Crippen molar-refractivity contribution < 1.29 is 57.9 Å². The van der Waals surface area contributed by atoms with Gasteiger partial charge in [0.25, 0.3) is 0 Å². The molecule has 2 N–H and O–H groups in total. The molecule has 0 aliphatic heterocycles. The molecule has 0 aromatic heterocycles. The van der Waals surface area contributed by atoms with Crippen molar-refractivity contribution in [3.63, 3.8) is 0 Å². The van der Waals surface area contributed by atoms with Gasteiger partial charge < -0.3 is 19.5 Å². The van der Waals surface area contributed by atoms with Gasteiger partial charge in [0.1, 0.15) is 8.25 Å². The van der Waals surface area contributed by atoms with Crippen molar-refractivity contribution in [2.45, 2.75) is 0 Å². The van der Waals surface area contributed by atoms with Gasteiger partial charge in [-0.05, 0) is 0 Å². The Morgan fingerprint density at radius 3 is 1.83 bits per heavy atom. The van der Waals surface area contributed by atoms with Crippen LogP contribution in [0.5, 0.6) is 0 Å². The molecule has 0 aliphatic carbocycles. The number of hydrogen-bond donors (Lipinski definition) is 2. The van der Waals surface area contributed by atoms with E-state index in [0.29, 0.717) is 5.88 Å². The van der Waals surface area contributed by atoms with Crippen LogP contribution in [0.3, 0.4) is 0 Å². The van der Waals surface area contributed by atoms with Crippen molar-refractivity contribution in [2.24, 2.45) is 0 Å². The van der Waals surface area contributed by atoms with E-state index in [1.165, 1.54) is 0 Å². The molecular weight excluding hydrogens is 240 g/mol. The molecule has 6 nitrogen and oxygen atoms in total.